The van der Waals surface area contributed by atoms with Crippen LogP contribution in [0.3, 0.4) is 0 Å². The number of hydrogen-bond acceptors (Lipinski definition) is 3. The van der Waals surface area contributed by atoms with Gasteiger partial charge in [0.2, 0.25) is 0 Å². The Hall–Kier alpha value is -1.49. The van der Waals surface area contributed by atoms with Crippen LogP contribution in [0.4, 0.5) is 4.79 Å². The van der Waals surface area contributed by atoms with Crippen molar-refractivity contribution in [1.82, 2.24) is 9.88 Å². The van der Waals surface area contributed by atoms with Crippen molar-refractivity contribution in [1.29, 1.82) is 0 Å². The van der Waals surface area contributed by atoms with Crippen LogP contribution in [0.2, 0.25) is 0 Å². The summed E-state index contributed by atoms with van der Waals surface area (Å²) in [6.45, 7) is 6.82. The van der Waals surface area contributed by atoms with E-state index >= 15 is 0 Å². The molecule has 1 saturated heterocycles. The number of carbonyl (C=O) groups excluding carboxylic acids is 1. The fourth-order valence-corrected chi connectivity index (χ4v) is 2.25. The van der Waals surface area contributed by atoms with Crippen LogP contribution in [0, 0.1) is 0 Å². The minimum Gasteiger partial charge on any atom is -0.444 e. The normalized spacial score (nSPS) is 19.9. The lowest BCUT2D eigenvalue weighted by Gasteiger charge is -2.36. The molecule has 5 nitrogen and oxygen atoms in total. The molecule has 1 aromatic heterocycles. The first-order valence-corrected chi connectivity index (χ1v) is 7.19. The Morgan fingerprint density at radius 1 is 1.45 bits per heavy atom. The number of aromatic amines is 1. The van der Waals surface area contributed by atoms with Crippen LogP contribution in [-0.2, 0) is 16.1 Å². The van der Waals surface area contributed by atoms with E-state index in [2.05, 4.69) is 4.98 Å². The van der Waals surface area contributed by atoms with E-state index in [1.807, 2.05) is 39.1 Å². The lowest BCUT2D eigenvalue weighted by molar-refractivity contribution is -0.0904. The minimum absolute atomic E-state index is 0.193. The van der Waals surface area contributed by atoms with Crippen LogP contribution < -0.4 is 0 Å². The lowest BCUT2D eigenvalue weighted by atomic mass is 10.1. The molecule has 0 saturated carbocycles. The van der Waals surface area contributed by atoms with Gasteiger partial charge in [0.15, 0.2) is 0 Å². The second kappa shape index (κ2) is 6.31. The molecule has 1 aliphatic rings. The molecule has 1 aromatic rings. The van der Waals surface area contributed by atoms with Crippen LogP contribution in [-0.4, -0.2) is 34.4 Å². The van der Waals surface area contributed by atoms with E-state index in [0.717, 1.165) is 25.0 Å². The van der Waals surface area contributed by atoms with E-state index in [1.165, 1.54) is 0 Å². The van der Waals surface area contributed by atoms with Gasteiger partial charge in [0, 0.05) is 18.4 Å². The highest BCUT2D eigenvalue weighted by atomic mass is 16.6. The maximum Gasteiger partial charge on any atom is 0.412 e. The Morgan fingerprint density at radius 2 is 2.25 bits per heavy atom. The molecule has 0 aliphatic carbocycles. The maximum atomic E-state index is 12.2. The first kappa shape index (κ1) is 14.9. The van der Waals surface area contributed by atoms with E-state index in [1.54, 1.807) is 4.90 Å². The highest BCUT2D eigenvalue weighted by Crippen LogP contribution is 2.22. The number of nitrogens with zero attached hydrogens (tertiary/aromatic N) is 1. The van der Waals surface area contributed by atoms with Crippen molar-refractivity contribution in [3.63, 3.8) is 0 Å². The molecular weight excluding hydrogens is 256 g/mol. The van der Waals surface area contributed by atoms with E-state index < -0.39 is 5.60 Å². The van der Waals surface area contributed by atoms with Crippen LogP contribution in [0.25, 0.3) is 0 Å². The number of piperidine rings is 1. The fourth-order valence-electron chi connectivity index (χ4n) is 2.25. The third-order valence-electron chi connectivity index (χ3n) is 3.17. The van der Waals surface area contributed by atoms with E-state index in [9.17, 15) is 4.79 Å². The van der Waals surface area contributed by atoms with Gasteiger partial charge in [-0.1, -0.05) is 0 Å². The number of likely N-dealkylation sites (tertiary alicyclic amines) is 1. The van der Waals surface area contributed by atoms with Gasteiger partial charge in [-0.3, -0.25) is 4.90 Å². The average molecular weight is 280 g/mol. The second-order valence-corrected chi connectivity index (χ2v) is 6.13. The summed E-state index contributed by atoms with van der Waals surface area (Å²) >= 11 is 0. The maximum absolute atomic E-state index is 12.2. The van der Waals surface area contributed by atoms with Gasteiger partial charge in [-0.15, -0.1) is 0 Å². The molecule has 112 valence electrons. The van der Waals surface area contributed by atoms with Crippen molar-refractivity contribution in [3.8, 4) is 0 Å². The molecule has 1 fully saturated rings. The second-order valence-electron chi connectivity index (χ2n) is 6.13. The SMILES string of the molecule is CC(C)(C)OC(=O)N1CCCCC1OCc1ccc[nH]1. The predicted octanol–water partition coefficient (Wildman–Crippen LogP) is 3.28. The van der Waals surface area contributed by atoms with Crippen molar-refractivity contribution < 1.29 is 14.3 Å². The summed E-state index contributed by atoms with van der Waals surface area (Å²) < 4.78 is 11.3. The average Bonchev–Trinajstić information content (AvgIpc) is 2.87. The van der Waals surface area contributed by atoms with Gasteiger partial charge in [-0.2, -0.15) is 0 Å². The van der Waals surface area contributed by atoms with Crippen LogP contribution in [0.15, 0.2) is 18.3 Å². The molecule has 1 amide bonds. The van der Waals surface area contributed by atoms with Gasteiger partial charge in [-0.25, -0.2) is 4.79 Å². The summed E-state index contributed by atoms with van der Waals surface area (Å²) in [5.74, 6) is 0. The van der Waals surface area contributed by atoms with Crippen LogP contribution >= 0.6 is 0 Å². The molecule has 5 heteroatoms. The quantitative estimate of drug-likeness (QED) is 0.924. The predicted molar refractivity (Wildman–Crippen MR) is 76.2 cm³/mol. The van der Waals surface area contributed by atoms with Gasteiger partial charge in [0.05, 0.1) is 6.61 Å². The Labute approximate surface area is 120 Å². The molecule has 2 heterocycles. The summed E-state index contributed by atoms with van der Waals surface area (Å²) in [7, 11) is 0. The fraction of sp³-hybridized carbons (Fsp3) is 0.667. The van der Waals surface area contributed by atoms with Gasteiger partial charge in [-0.05, 0) is 52.2 Å². The first-order chi connectivity index (χ1) is 9.46. The number of amides is 1. The minimum atomic E-state index is -0.474. The summed E-state index contributed by atoms with van der Waals surface area (Å²) in [5, 5.41) is 0. The molecule has 2 rings (SSSR count). The molecule has 0 spiro atoms. The molecule has 20 heavy (non-hydrogen) atoms. The largest absolute Gasteiger partial charge is 0.444 e. The lowest BCUT2D eigenvalue weighted by Crippen LogP contribution is -2.47. The van der Waals surface area contributed by atoms with Gasteiger partial charge >= 0.3 is 6.09 Å². The zero-order valence-electron chi connectivity index (χ0n) is 12.5. The summed E-state index contributed by atoms with van der Waals surface area (Å²) in [4.78, 5) is 17.0. The number of hydrogen-bond donors (Lipinski definition) is 1. The molecule has 1 N–H and O–H groups in total. The van der Waals surface area contributed by atoms with Gasteiger partial charge < -0.3 is 14.5 Å². The van der Waals surface area contributed by atoms with Crippen molar-refractivity contribution in [3.05, 3.63) is 24.0 Å². The molecular formula is C15H24N2O3. The van der Waals surface area contributed by atoms with E-state index in [-0.39, 0.29) is 12.3 Å². The monoisotopic (exact) mass is 280 g/mol. The van der Waals surface area contributed by atoms with Crippen molar-refractivity contribution in [2.45, 2.75) is 58.5 Å². The zero-order valence-corrected chi connectivity index (χ0v) is 12.5. The molecule has 0 aromatic carbocycles. The molecule has 1 atom stereocenters. The summed E-state index contributed by atoms with van der Waals surface area (Å²) in [6, 6.07) is 3.91. The smallest absolute Gasteiger partial charge is 0.412 e. The number of nitrogens with one attached hydrogen (secondary N) is 1. The van der Waals surface area contributed by atoms with Crippen molar-refractivity contribution >= 4 is 6.09 Å². The molecule has 1 aliphatic heterocycles. The van der Waals surface area contributed by atoms with Crippen LogP contribution in [0.1, 0.15) is 45.7 Å². The van der Waals surface area contributed by atoms with Gasteiger partial charge in [0.25, 0.3) is 0 Å². The van der Waals surface area contributed by atoms with E-state index in [0.29, 0.717) is 13.2 Å². The Balaban J connectivity index is 1.92. The van der Waals surface area contributed by atoms with Crippen LogP contribution in [0.5, 0.6) is 0 Å². The number of ether oxygens (including phenoxy) is 2. The third-order valence-corrected chi connectivity index (χ3v) is 3.17. The molecule has 0 radical (unpaired) electrons. The Bertz CT molecular complexity index is 423. The summed E-state index contributed by atoms with van der Waals surface area (Å²) in [6.07, 6.45) is 4.33. The third kappa shape index (κ3) is 4.27. The molecule has 1 unspecified atom stereocenters. The topological polar surface area (TPSA) is 54.6 Å². The number of aromatic nitrogens is 1. The van der Waals surface area contributed by atoms with Crippen molar-refractivity contribution in [2.24, 2.45) is 0 Å². The number of H-pyrrole nitrogens is 1. The van der Waals surface area contributed by atoms with Gasteiger partial charge in [0.1, 0.15) is 11.8 Å². The molecule has 0 bridgehead atoms. The highest BCUT2D eigenvalue weighted by molar-refractivity contribution is 5.68. The zero-order chi connectivity index (χ0) is 14.6. The Kier molecular flexibility index (Phi) is 4.70. The summed E-state index contributed by atoms with van der Waals surface area (Å²) in [5.41, 5.74) is 0.540. The first-order valence-electron chi connectivity index (χ1n) is 7.19. The van der Waals surface area contributed by atoms with Crippen molar-refractivity contribution in [2.75, 3.05) is 6.54 Å². The number of carbonyl (C=O) groups is 1. The highest BCUT2D eigenvalue weighted by Gasteiger charge is 2.30. The Morgan fingerprint density at radius 3 is 2.90 bits per heavy atom. The standard InChI is InChI=1S/C15H24N2O3/c1-15(2,3)20-14(18)17-10-5-4-8-13(17)19-11-12-7-6-9-16-12/h6-7,9,13,16H,4-5,8,10-11H2,1-3H3. The van der Waals surface area contributed by atoms with E-state index in [4.69, 9.17) is 9.47 Å². The number of rotatable bonds is 3.